The largest absolute Gasteiger partial charge is 0.480 e. The first-order valence-corrected chi connectivity index (χ1v) is 9.59. The minimum atomic E-state index is 0. The van der Waals surface area contributed by atoms with E-state index < -0.39 is 0 Å². The number of fused-ring (bicyclic) bond motifs is 1. The summed E-state index contributed by atoms with van der Waals surface area (Å²) < 4.78 is 6.47. The van der Waals surface area contributed by atoms with Crippen LogP contribution < -0.4 is 10.1 Å². The highest BCUT2D eigenvalue weighted by Gasteiger charge is 2.22. The molecule has 0 amide bonds. The van der Waals surface area contributed by atoms with Crippen molar-refractivity contribution in [1.82, 2.24) is 19.9 Å². The quantitative estimate of drug-likeness (QED) is 0.752. The fourth-order valence-corrected chi connectivity index (χ4v) is 3.85. The Morgan fingerprint density at radius 1 is 1.19 bits per heavy atom. The highest BCUT2D eigenvalue weighted by atomic mass is 32.1. The van der Waals surface area contributed by atoms with Crippen molar-refractivity contribution in [3.05, 3.63) is 42.4 Å². The van der Waals surface area contributed by atoms with Crippen molar-refractivity contribution < 1.29 is 6.16 Å². The van der Waals surface area contributed by atoms with Gasteiger partial charge in [0.2, 0.25) is 5.88 Å². The fraction of sp³-hybridized carbons (Fsp3) is 0.421. The van der Waals surface area contributed by atoms with Gasteiger partial charge in [-0.25, -0.2) is 9.97 Å². The van der Waals surface area contributed by atoms with Gasteiger partial charge < -0.3 is 15.0 Å². The Bertz CT molecular complexity index is 803. The lowest BCUT2D eigenvalue weighted by molar-refractivity contribution is 0.249. The van der Waals surface area contributed by atoms with Crippen LogP contribution in [-0.4, -0.2) is 54.1 Å². The van der Waals surface area contributed by atoms with Crippen LogP contribution in [0.3, 0.4) is 0 Å². The number of rotatable bonds is 3. The van der Waals surface area contributed by atoms with Crippen LogP contribution in [0.15, 0.2) is 36.7 Å². The molecular formula is C19H27N5OS. The second kappa shape index (κ2) is 8.91. The molecule has 1 saturated heterocycles. The summed E-state index contributed by atoms with van der Waals surface area (Å²) in [6.45, 7) is 2.26. The minimum Gasteiger partial charge on any atom is -0.480 e. The van der Waals surface area contributed by atoms with Gasteiger partial charge in [-0.15, -0.1) is 0 Å². The van der Waals surface area contributed by atoms with E-state index >= 15 is 0 Å². The van der Waals surface area contributed by atoms with Crippen molar-refractivity contribution in [2.75, 3.05) is 39.6 Å². The maximum atomic E-state index is 5.24. The summed E-state index contributed by atoms with van der Waals surface area (Å²) in [7, 11) is 5.70. The van der Waals surface area contributed by atoms with Gasteiger partial charge in [-0.05, 0) is 45.1 Å². The normalized spacial score (nSPS) is 15.3. The van der Waals surface area contributed by atoms with Crippen molar-refractivity contribution in [2.45, 2.75) is 18.8 Å². The number of piperidine rings is 1. The average Bonchev–Trinajstić information content (AvgIpc) is 3.12. The molecule has 0 bridgehead atoms. The molecule has 26 heavy (non-hydrogen) atoms. The zero-order valence-corrected chi connectivity index (χ0v) is 16.3. The molecule has 140 valence electrons. The Kier molecular flexibility index (Phi) is 6.35. The predicted molar refractivity (Wildman–Crippen MR) is 109 cm³/mol. The lowest BCUT2D eigenvalue weighted by Crippen LogP contribution is -2.29. The number of hydrogen-bond donors (Lipinski definition) is 1. The molecule has 0 spiro atoms. The Labute approximate surface area is 159 Å². The molecule has 7 heteroatoms. The number of anilines is 1. The van der Waals surface area contributed by atoms with Crippen molar-refractivity contribution >= 4 is 26.7 Å². The standard InChI is InChI=1S/C11H17N3O.C8H8N2S.H2/c1-14-7-3-9(4-8-14)10-11(15-2)13-6-5-12-10;1-9-8-10-6-4-2-3-5-7(6)11-8;/h5-6,9H,3-4,7-8H2,1-2H3;2-5H,1H3,(H,9,10);1H. The Hall–Kier alpha value is -2.25. The molecule has 1 N–H and O–H groups in total. The van der Waals surface area contributed by atoms with E-state index in [0.717, 1.165) is 42.3 Å². The van der Waals surface area contributed by atoms with E-state index in [1.165, 1.54) is 4.70 Å². The number of para-hydroxylation sites is 1. The molecule has 0 radical (unpaired) electrons. The first-order valence-electron chi connectivity index (χ1n) is 8.78. The maximum absolute atomic E-state index is 5.24. The Balaban J connectivity index is 0.000000194. The number of ether oxygens (including phenoxy) is 1. The summed E-state index contributed by atoms with van der Waals surface area (Å²) in [5.74, 6) is 1.19. The molecule has 2 aromatic heterocycles. The van der Waals surface area contributed by atoms with Gasteiger partial charge in [0.25, 0.3) is 0 Å². The van der Waals surface area contributed by atoms with Crippen LogP contribution in [0.5, 0.6) is 5.88 Å². The van der Waals surface area contributed by atoms with Gasteiger partial charge in [0.15, 0.2) is 5.13 Å². The highest BCUT2D eigenvalue weighted by molar-refractivity contribution is 7.22. The number of nitrogens with one attached hydrogen (secondary N) is 1. The van der Waals surface area contributed by atoms with E-state index in [4.69, 9.17) is 4.74 Å². The summed E-state index contributed by atoms with van der Waals surface area (Å²) in [5, 5.41) is 4.00. The van der Waals surface area contributed by atoms with Gasteiger partial charge in [-0.1, -0.05) is 23.5 Å². The second-order valence-corrected chi connectivity index (χ2v) is 7.30. The van der Waals surface area contributed by atoms with Gasteiger partial charge in [0, 0.05) is 26.8 Å². The molecule has 3 heterocycles. The van der Waals surface area contributed by atoms with Crippen LogP contribution in [0.25, 0.3) is 10.2 Å². The number of methoxy groups -OCH3 is 1. The summed E-state index contributed by atoms with van der Waals surface area (Å²) >= 11 is 1.68. The smallest absolute Gasteiger partial charge is 0.235 e. The number of nitrogens with zero attached hydrogens (tertiary/aromatic N) is 4. The van der Waals surface area contributed by atoms with Crippen molar-refractivity contribution in [3.63, 3.8) is 0 Å². The summed E-state index contributed by atoms with van der Waals surface area (Å²) in [4.78, 5) is 15.3. The SMILES string of the molecule is CNc1nc2ccccc2s1.COc1nccnc1C1CCN(C)CC1.[HH]. The van der Waals surface area contributed by atoms with Crippen molar-refractivity contribution in [1.29, 1.82) is 0 Å². The van der Waals surface area contributed by atoms with Crippen LogP contribution in [0, 0.1) is 0 Å². The molecule has 3 aromatic rings. The lowest BCUT2D eigenvalue weighted by Gasteiger charge is -2.28. The lowest BCUT2D eigenvalue weighted by atomic mass is 9.94. The van der Waals surface area contributed by atoms with Crippen molar-refractivity contribution in [2.24, 2.45) is 0 Å². The van der Waals surface area contributed by atoms with E-state index in [0.29, 0.717) is 11.8 Å². The molecule has 4 rings (SSSR count). The van der Waals surface area contributed by atoms with E-state index in [2.05, 4.69) is 38.3 Å². The molecule has 1 fully saturated rings. The highest BCUT2D eigenvalue weighted by Crippen LogP contribution is 2.30. The molecule has 1 aliphatic rings. The maximum Gasteiger partial charge on any atom is 0.235 e. The summed E-state index contributed by atoms with van der Waals surface area (Å²) in [6.07, 6.45) is 5.71. The van der Waals surface area contributed by atoms with Gasteiger partial charge in [0.05, 0.1) is 17.3 Å². The minimum absolute atomic E-state index is 0. The van der Waals surface area contributed by atoms with Gasteiger partial charge in [-0.3, -0.25) is 4.98 Å². The zero-order valence-electron chi connectivity index (χ0n) is 15.5. The van der Waals surface area contributed by atoms with Gasteiger partial charge in [0.1, 0.15) is 5.69 Å². The summed E-state index contributed by atoms with van der Waals surface area (Å²) in [6, 6.07) is 8.13. The number of aromatic nitrogens is 3. The number of likely N-dealkylation sites (tertiary alicyclic amines) is 1. The third-order valence-electron chi connectivity index (χ3n) is 4.50. The first-order chi connectivity index (χ1) is 12.7. The molecule has 1 aliphatic heterocycles. The van der Waals surface area contributed by atoms with Crippen molar-refractivity contribution in [3.8, 4) is 5.88 Å². The molecule has 1 aromatic carbocycles. The zero-order chi connectivity index (χ0) is 18.4. The predicted octanol–water partition coefficient (Wildman–Crippen LogP) is 3.88. The Morgan fingerprint density at radius 2 is 1.92 bits per heavy atom. The Morgan fingerprint density at radius 3 is 2.62 bits per heavy atom. The van der Waals surface area contributed by atoms with Crippen LogP contribution in [-0.2, 0) is 0 Å². The van der Waals surface area contributed by atoms with Crippen LogP contribution >= 0.6 is 11.3 Å². The first kappa shape index (κ1) is 18.5. The van der Waals surface area contributed by atoms with Crippen LogP contribution in [0.4, 0.5) is 5.13 Å². The van der Waals surface area contributed by atoms with Crippen LogP contribution in [0.1, 0.15) is 25.9 Å². The summed E-state index contributed by atoms with van der Waals surface area (Å²) in [5.41, 5.74) is 2.09. The van der Waals surface area contributed by atoms with E-state index in [-0.39, 0.29) is 1.43 Å². The third kappa shape index (κ3) is 4.47. The molecule has 0 aliphatic carbocycles. The second-order valence-electron chi connectivity index (χ2n) is 6.27. The van der Waals surface area contributed by atoms with Crippen LogP contribution in [0.2, 0.25) is 0 Å². The molecule has 6 nitrogen and oxygen atoms in total. The molecular weight excluding hydrogens is 346 g/mol. The monoisotopic (exact) mass is 373 g/mol. The van der Waals surface area contributed by atoms with Gasteiger partial charge >= 0.3 is 0 Å². The third-order valence-corrected chi connectivity index (χ3v) is 5.55. The number of benzene rings is 1. The number of thiazole rings is 1. The fourth-order valence-electron chi connectivity index (χ4n) is 3.03. The average molecular weight is 374 g/mol. The molecule has 0 saturated carbocycles. The van der Waals surface area contributed by atoms with Gasteiger partial charge in [-0.2, -0.15) is 0 Å². The molecule has 0 unspecified atom stereocenters. The van der Waals surface area contributed by atoms with E-state index in [1.807, 2.05) is 25.2 Å². The van der Waals surface area contributed by atoms with E-state index in [9.17, 15) is 0 Å². The molecule has 0 atom stereocenters. The van der Waals surface area contributed by atoms with E-state index in [1.54, 1.807) is 30.8 Å². The number of hydrogen-bond acceptors (Lipinski definition) is 7. The topological polar surface area (TPSA) is 63.2 Å².